The fourth-order valence-corrected chi connectivity index (χ4v) is 2.50. The van der Waals surface area contributed by atoms with E-state index in [9.17, 15) is 9.59 Å². The van der Waals surface area contributed by atoms with Gasteiger partial charge in [-0.25, -0.2) is 0 Å². The average Bonchev–Trinajstić information content (AvgIpc) is 2.48. The Morgan fingerprint density at radius 3 is 2.70 bits per heavy atom. The van der Waals surface area contributed by atoms with Crippen LogP contribution in [0.3, 0.4) is 0 Å². The molecule has 1 aromatic rings. The lowest BCUT2D eigenvalue weighted by Crippen LogP contribution is -2.43. The second kappa shape index (κ2) is 6.03. The Kier molecular flexibility index (Phi) is 4.37. The number of piperidine rings is 1. The Labute approximate surface area is 119 Å². The van der Waals surface area contributed by atoms with Gasteiger partial charge in [0.25, 0.3) is 0 Å². The van der Waals surface area contributed by atoms with Gasteiger partial charge in [-0.2, -0.15) is 0 Å². The first-order chi connectivity index (χ1) is 9.50. The number of likely N-dealkylation sites (tertiary alicyclic amines) is 1. The van der Waals surface area contributed by atoms with Gasteiger partial charge in [0, 0.05) is 45.4 Å². The molecule has 2 rings (SSSR count). The molecule has 2 atom stereocenters. The summed E-state index contributed by atoms with van der Waals surface area (Å²) in [6, 6.07) is 3.81. The van der Waals surface area contributed by atoms with Gasteiger partial charge in [0.1, 0.15) is 0 Å². The molecule has 0 spiro atoms. The average molecular weight is 275 g/mol. The zero-order chi connectivity index (χ0) is 14.7. The Bertz CT molecular complexity index is 489. The molecule has 0 aromatic carbocycles. The van der Waals surface area contributed by atoms with E-state index in [4.69, 9.17) is 0 Å². The number of hydrogen-bond acceptors (Lipinski definition) is 3. The van der Waals surface area contributed by atoms with Crippen LogP contribution in [0.1, 0.15) is 31.4 Å². The molecule has 2 amide bonds. The molecule has 1 aliphatic rings. The highest BCUT2D eigenvalue weighted by Crippen LogP contribution is 2.24. The van der Waals surface area contributed by atoms with Crippen molar-refractivity contribution in [2.45, 2.75) is 25.8 Å². The summed E-state index contributed by atoms with van der Waals surface area (Å²) in [5, 5.41) is 0. The van der Waals surface area contributed by atoms with Crippen molar-refractivity contribution in [3.05, 3.63) is 30.1 Å². The Balaban J connectivity index is 2.03. The molecule has 0 saturated carbocycles. The van der Waals surface area contributed by atoms with Gasteiger partial charge in [-0.3, -0.25) is 14.6 Å². The molecule has 5 nitrogen and oxygen atoms in total. The zero-order valence-corrected chi connectivity index (χ0v) is 12.2. The van der Waals surface area contributed by atoms with Gasteiger partial charge >= 0.3 is 0 Å². The van der Waals surface area contributed by atoms with E-state index in [-0.39, 0.29) is 23.8 Å². The van der Waals surface area contributed by atoms with E-state index in [0.717, 1.165) is 12.0 Å². The molecule has 1 saturated heterocycles. The molecule has 0 N–H and O–H groups in total. The van der Waals surface area contributed by atoms with Crippen LogP contribution in [0, 0.1) is 5.92 Å². The second-order valence-corrected chi connectivity index (χ2v) is 5.41. The molecular formula is C15H21N3O2. The van der Waals surface area contributed by atoms with E-state index in [1.807, 2.05) is 19.1 Å². The second-order valence-electron chi connectivity index (χ2n) is 5.41. The fourth-order valence-electron chi connectivity index (χ4n) is 2.50. The molecule has 1 aliphatic heterocycles. The van der Waals surface area contributed by atoms with Crippen LogP contribution < -0.4 is 0 Å². The van der Waals surface area contributed by atoms with Crippen LogP contribution in [0.25, 0.3) is 0 Å². The lowest BCUT2D eigenvalue weighted by Gasteiger charge is -2.33. The Hall–Kier alpha value is -1.91. The van der Waals surface area contributed by atoms with E-state index < -0.39 is 0 Å². The fraction of sp³-hybridized carbons (Fsp3) is 0.533. The van der Waals surface area contributed by atoms with Crippen LogP contribution in [-0.2, 0) is 9.59 Å². The molecule has 5 heteroatoms. The normalized spacial score (nSPS) is 20.6. The highest BCUT2D eigenvalue weighted by molar-refractivity contribution is 5.87. The summed E-state index contributed by atoms with van der Waals surface area (Å²) in [5.41, 5.74) is 1.05. The van der Waals surface area contributed by atoms with Crippen LogP contribution >= 0.6 is 0 Å². The summed E-state index contributed by atoms with van der Waals surface area (Å²) in [4.78, 5) is 31.6. The molecule has 1 fully saturated rings. The van der Waals surface area contributed by atoms with Crippen LogP contribution in [0.15, 0.2) is 24.5 Å². The van der Waals surface area contributed by atoms with Crippen molar-refractivity contribution in [1.82, 2.24) is 14.8 Å². The summed E-state index contributed by atoms with van der Waals surface area (Å²) in [5.74, 6) is -0.0803. The predicted octanol–water partition coefficient (Wildman–Crippen LogP) is 1.47. The highest BCUT2D eigenvalue weighted by atomic mass is 16.2. The quantitative estimate of drug-likeness (QED) is 0.839. The van der Waals surface area contributed by atoms with Gasteiger partial charge in [0.2, 0.25) is 11.8 Å². The zero-order valence-electron chi connectivity index (χ0n) is 12.2. The lowest BCUT2D eigenvalue weighted by molar-refractivity contribution is -0.144. The van der Waals surface area contributed by atoms with E-state index in [0.29, 0.717) is 13.0 Å². The maximum absolute atomic E-state index is 12.5. The van der Waals surface area contributed by atoms with Gasteiger partial charge < -0.3 is 9.80 Å². The number of carbonyl (C=O) groups excluding carboxylic acids is 2. The number of hydrogen-bond donors (Lipinski definition) is 0. The minimum Gasteiger partial charge on any atom is -0.346 e. The molecule has 20 heavy (non-hydrogen) atoms. The first-order valence-electron chi connectivity index (χ1n) is 6.91. The number of rotatable bonds is 3. The third-order valence-electron chi connectivity index (χ3n) is 4.13. The molecule has 1 aromatic heterocycles. The van der Waals surface area contributed by atoms with Crippen molar-refractivity contribution in [2.75, 3.05) is 20.6 Å². The first-order valence-corrected chi connectivity index (χ1v) is 6.91. The van der Waals surface area contributed by atoms with Crippen molar-refractivity contribution in [1.29, 1.82) is 0 Å². The summed E-state index contributed by atoms with van der Waals surface area (Å²) in [6.07, 6.45) is 4.52. The maximum atomic E-state index is 12.5. The number of carbonyl (C=O) groups is 2. The van der Waals surface area contributed by atoms with E-state index in [2.05, 4.69) is 4.98 Å². The van der Waals surface area contributed by atoms with Gasteiger partial charge in [-0.15, -0.1) is 0 Å². The van der Waals surface area contributed by atoms with E-state index in [1.54, 1.807) is 36.3 Å². The van der Waals surface area contributed by atoms with Crippen LogP contribution in [-0.4, -0.2) is 47.2 Å². The summed E-state index contributed by atoms with van der Waals surface area (Å²) in [7, 11) is 3.59. The monoisotopic (exact) mass is 275 g/mol. The van der Waals surface area contributed by atoms with Gasteiger partial charge in [0.05, 0.1) is 6.04 Å². The molecule has 2 unspecified atom stereocenters. The number of pyridine rings is 1. The lowest BCUT2D eigenvalue weighted by atomic mass is 9.94. The topological polar surface area (TPSA) is 53.5 Å². The summed E-state index contributed by atoms with van der Waals surface area (Å²) >= 11 is 0. The van der Waals surface area contributed by atoms with E-state index >= 15 is 0 Å². The molecular weight excluding hydrogens is 254 g/mol. The largest absolute Gasteiger partial charge is 0.346 e. The Morgan fingerprint density at radius 1 is 1.45 bits per heavy atom. The standard InChI is InChI=1S/C15H21N3O2/c1-11(12-4-7-16-8-5-12)18(3)15(20)13-6-9-17(2)14(19)10-13/h4-5,7-8,11,13H,6,9-10H2,1-3H3. The first kappa shape index (κ1) is 14.5. The van der Waals surface area contributed by atoms with Crippen LogP contribution in [0.4, 0.5) is 0 Å². The minimum atomic E-state index is -0.187. The molecule has 0 radical (unpaired) electrons. The van der Waals surface area contributed by atoms with Crippen molar-refractivity contribution >= 4 is 11.8 Å². The predicted molar refractivity (Wildman–Crippen MR) is 75.8 cm³/mol. The molecule has 0 bridgehead atoms. The van der Waals surface area contributed by atoms with Crippen LogP contribution in [0.2, 0.25) is 0 Å². The smallest absolute Gasteiger partial charge is 0.226 e. The Morgan fingerprint density at radius 2 is 2.10 bits per heavy atom. The van der Waals surface area contributed by atoms with Crippen molar-refractivity contribution in [3.8, 4) is 0 Å². The summed E-state index contributed by atoms with van der Waals surface area (Å²) < 4.78 is 0. The SMILES string of the molecule is CC(c1ccncc1)N(C)C(=O)C1CCN(C)C(=O)C1. The number of aromatic nitrogens is 1. The van der Waals surface area contributed by atoms with Crippen LogP contribution in [0.5, 0.6) is 0 Å². The van der Waals surface area contributed by atoms with Gasteiger partial charge in [-0.1, -0.05) is 0 Å². The van der Waals surface area contributed by atoms with Gasteiger partial charge in [-0.05, 0) is 31.0 Å². The molecule has 0 aliphatic carbocycles. The highest BCUT2D eigenvalue weighted by Gasteiger charge is 2.31. The van der Waals surface area contributed by atoms with E-state index in [1.165, 1.54) is 0 Å². The maximum Gasteiger partial charge on any atom is 0.226 e. The third-order valence-corrected chi connectivity index (χ3v) is 4.13. The van der Waals surface area contributed by atoms with Crippen molar-refractivity contribution < 1.29 is 9.59 Å². The van der Waals surface area contributed by atoms with Gasteiger partial charge in [0.15, 0.2) is 0 Å². The molecule has 108 valence electrons. The number of amides is 2. The third kappa shape index (κ3) is 2.98. The molecule has 2 heterocycles. The summed E-state index contributed by atoms with van der Waals surface area (Å²) in [6.45, 7) is 2.65. The van der Waals surface area contributed by atoms with Crippen molar-refractivity contribution in [2.24, 2.45) is 5.92 Å². The van der Waals surface area contributed by atoms with Crippen molar-refractivity contribution in [3.63, 3.8) is 0 Å². The number of nitrogens with zero attached hydrogens (tertiary/aromatic N) is 3. The minimum absolute atomic E-state index is 0.0136.